The van der Waals surface area contributed by atoms with Crippen LogP contribution < -0.4 is 10.1 Å². The van der Waals surface area contributed by atoms with Gasteiger partial charge in [0, 0.05) is 10.5 Å². The first-order valence-electron chi connectivity index (χ1n) is 7.35. The Hall–Kier alpha value is -1.03. The molecule has 3 nitrogen and oxygen atoms in total. The van der Waals surface area contributed by atoms with Crippen LogP contribution >= 0.6 is 15.9 Å². The molecule has 1 aliphatic carbocycles. The van der Waals surface area contributed by atoms with Gasteiger partial charge in [0.05, 0.1) is 12.7 Å². The van der Waals surface area contributed by atoms with Crippen molar-refractivity contribution in [2.24, 2.45) is 0 Å². The molecule has 1 aliphatic rings. The van der Waals surface area contributed by atoms with Crippen LogP contribution in [0.4, 0.5) is 0 Å². The lowest BCUT2D eigenvalue weighted by molar-refractivity contribution is 0.0927. The summed E-state index contributed by atoms with van der Waals surface area (Å²) >= 11 is 3.39. The van der Waals surface area contributed by atoms with Gasteiger partial charge in [-0.1, -0.05) is 48.0 Å². The van der Waals surface area contributed by atoms with E-state index in [2.05, 4.69) is 21.2 Å². The second-order valence-corrected chi connectivity index (χ2v) is 6.28. The highest BCUT2D eigenvalue weighted by atomic mass is 79.9. The van der Waals surface area contributed by atoms with Crippen LogP contribution in [0, 0.1) is 0 Å². The van der Waals surface area contributed by atoms with Gasteiger partial charge in [-0.3, -0.25) is 4.79 Å². The number of carbonyl (C=O) groups excluding carboxylic acids is 1. The summed E-state index contributed by atoms with van der Waals surface area (Å²) in [6, 6.07) is 5.81. The molecule has 1 aromatic carbocycles. The van der Waals surface area contributed by atoms with Gasteiger partial charge in [0.25, 0.3) is 5.91 Å². The highest BCUT2D eigenvalue weighted by Gasteiger charge is 2.18. The van der Waals surface area contributed by atoms with Crippen LogP contribution in [0.5, 0.6) is 5.75 Å². The molecule has 1 amide bonds. The van der Waals surface area contributed by atoms with E-state index in [1.807, 2.05) is 12.1 Å². The molecule has 0 aromatic heterocycles. The molecule has 0 aliphatic heterocycles. The predicted molar refractivity (Wildman–Crippen MR) is 84.3 cm³/mol. The zero-order valence-corrected chi connectivity index (χ0v) is 13.5. The number of rotatable bonds is 3. The standard InChI is InChI=1S/C16H22BrNO2/c1-20-15-11-12(17)9-10-14(15)16(19)18-13-7-5-3-2-4-6-8-13/h9-11,13H,2-8H2,1H3,(H,18,19). The number of methoxy groups -OCH3 is 1. The van der Waals surface area contributed by atoms with Crippen molar-refractivity contribution >= 4 is 21.8 Å². The molecule has 1 N–H and O–H groups in total. The average Bonchev–Trinajstić information content (AvgIpc) is 2.41. The van der Waals surface area contributed by atoms with E-state index < -0.39 is 0 Å². The average molecular weight is 340 g/mol. The fourth-order valence-electron chi connectivity index (χ4n) is 2.72. The SMILES string of the molecule is COc1cc(Br)ccc1C(=O)NC1CCCCCCC1. The van der Waals surface area contributed by atoms with E-state index in [-0.39, 0.29) is 5.91 Å². The van der Waals surface area contributed by atoms with Crippen molar-refractivity contribution in [3.63, 3.8) is 0 Å². The van der Waals surface area contributed by atoms with Crippen LogP contribution in [-0.4, -0.2) is 19.1 Å². The molecule has 0 saturated heterocycles. The third-order valence-corrected chi connectivity index (χ3v) is 4.34. The van der Waals surface area contributed by atoms with Gasteiger partial charge in [0.2, 0.25) is 0 Å². The first kappa shape index (κ1) is 15.4. The molecule has 0 atom stereocenters. The summed E-state index contributed by atoms with van der Waals surface area (Å²) in [6.45, 7) is 0. The molecule has 4 heteroatoms. The number of hydrogen-bond acceptors (Lipinski definition) is 2. The number of hydrogen-bond donors (Lipinski definition) is 1. The van der Waals surface area contributed by atoms with Crippen molar-refractivity contribution in [2.45, 2.75) is 51.0 Å². The van der Waals surface area contributed by atoms with E-state index in [0.29, 0.717) is 17.4 Å². The lowest BCUT2D eigenvalue weighted by Crippen LogP contribution is -2.35. The molecule has 20 heavy (non-hydrogen) atoms. The van der Waals surface area contributed by atoms with Crippen molar-refractivity contribution in [3.8, 4) is 5.75 Å². The minimum absolute atomic E-state index is 0.0278. The van der Waals surface area contributed by atoms with Gasteiger partial charge in [-0.25, -0.2) is 0 Å². The normalized spacial score (nSPS) is 17.1. The third kappa shape index (κ3) is 4.23. The van der Waals surface area contributed by atoms with Gasteiger partial charge < -0.3 is 10.1 Å². The molecule has 0 radical (unpaired) electrons. The Balaban J connectivity index is 2.03. The van der Waals surface area contributed by atoms with Crippen molar-refractivity contribution in [3.05, 3.63) is 28.2 Å². The summed E-state index contributed by atoms with van der Waals surface area (Å²) in [7, 11) is 1.59. The Labute approximate surface area is 129 Å². The molecular formula is C16H22BrNO2. The van der Waals surface area contributed by atoms with Crippen LogP contribution in [0.15, 0.2) is 22.7 Å². The van der Waals surface area contributed by atoms with Gasteiger partial charge in [-0.2, -0.15) is 0 Å². The van der Waals surface area contributed by atoms with Crippen molar-refractivity contribution in [2.75, 3.05) is 7.11 Å². The number of nitrogens with one attached hydrogen (secondary N) is 1. The van der Waals surface area contributed by atoms with E-state index in [0.717, 1.165) is 17.3 Å². The molecule has 1 saturated carbocycles. The summed E-state index contributed by atoms with van der Waals surface area (Å²) in [5, 5.41) is 3.16. The third-order valence-electron chi connectivity index (χ3n) is 3.85. The van der Waals surface area contributed by atoms with Crippen molar-refractivity contribution < 1.29 is 9.53 Å². The van der Waals surface area contributed by atoms with Crippen molar-refractivity contribution in [1.82, 2.24) is 5.32 Å². The van der Waals surface area contributed by atoms with Crippen LogP contribution in [0.25, 0.3) is 0 Å². The molecular weight excluding hydrogens is 318 g/mol. The minimum Gasteiger partial charge on any atom is -0.496 e. The van der Waals surface area contributed by atoms with Gasteiger partial charge in [-0.15, -0.1) is 0 Å². The van der Waals surface area contributed by atoms with Gasteiger partial charge in [0.15, 0.2) is 0 Å². The van der Waals surface area contributed by atoms with Crippen molar-refractivity contribution in [1.29, 1.82) is 0 Å². The molecule has 1 aromatic rings. The number of amides is 1. The quantitative estimate of drug-likeness (QED) is 0.891. The second-order valence-electron chi connectivity index (χ2n) is 5.36. The summed E-state index contributed by atoms with van der Waals surface area (Å²) < 4.78 is 6.20. The number of carbonyl (C=O) groups is 1. The van der Waals surface area contributed by atoms with E-state index in [4.69, 9.17) is 4.74 Å². The fourth-order valence-corrected chi connectivity index (χ4v) is 3.06. The monoisotopic (exact) mass is 339 g/mol. The lowest BCUT2D eigenvalue weighted by atomic mass is 9.96. The highest BCUT2D eigenvalue weighted by molar-refractivity contribution is 9.10. The maximum absolute atomic E-state index is 12.4. The molecule has 2 rings (SSSR count). The first-order valence-corrected chi connectivity index (χ1v) is 8.14. The van der Waals surface area contributed by atoms with E-state index in [1.54, 1.807) is 13.2 Å². The summed E-state index contributed by atoms with van der Waals surface area (Å²) in [5.41, 5.74) is 0.609. The number of halogens is 1. The Morgan fingerprint density at radius 2 is 1.85 bits per heavy atom. The zero-order chi connectivity index (χ0) is 14.4. The van der Waals surface area contributed by atoms with Gasteiger partial charge >= 0.3 is 0 Å². The second kappa shape index (κ2) is 7.67. The summed E-state index contributed by atoms with van der Waals surface area (Å²) in [4.78, 5) is 12.4. The fraction of sp³-hybridized carbons (Fsp3) is 0.562. The zero-order valence-electron chi connectivity index (χ0n) is 12.0. The molecule has 110 valence electrons. The first-order chi connectivity index (χ1) is 9.70. The number of benzene rings is 1. The smallest absolute Gasteiger partial charge is 0.255 e. The Morgan fingerprint density at radius 3 is 2.50 bits per heavy atom. The predicted octanol–water partition coefficient (Wildman–Crippen LogP) is 4.30. The van der Waals surface area contributed by atoms with Gasteiger partial charge in [0.1, 0.15) is 5.75 Å². The molecule has 0 heterocycles. The van der Waals surface area contributed by atoms with Crippen LogP contribution in [0.2, 0.25) is 0 Å². The van der Waals surface area contributed by atoms with Crippen LogP contribution in [0.1, 0.15) is 55.3 Å². The Morgan fingerprint density at radius 1 is 1.20 bits per heavy atom. The maximum Gasteiger partial charge on any atom is 0.255 e. The summed E-state index contributed by atoms with van der Waals surface area (Å²) in [5.74, 6) is 0.586. The molecule has 0 bridgehead atoms. The molecule has 0 unspecified atom stereocenters. The lowest BCUT2D eigenvalue weighted by Gasteiger charge is -2.21. The van der Waals surface area contributed by atoms with E-state index >= 15 is 0 Å². The summed E-state index contributed by atoms with van der Waals surface area (Å²) in [6.07, 6.45) is 8.50. The topological polar surface area (TPSA) is 38.3 Å². The highest BCUT2D eigenvalue weighted by Crippen LogP contribution is 2.24. The Bertz CT molecular complexity index is 454. The van der Waals surface area contributed by atoms with E-state index in [9.17, 15) is 4.79 Å². The maximum atomic E-state index is 12.4. The minimum atomic E-state index is -0.0278. The largest absolute Gasteiger partial charge is 0.496 e. The van der Waals surface area contributed by atoms with Crippen LogP contribution in [-0.2, 0) is 0 Å². The van der Waals surface area contributed by atoms with Crippen LogP contribution in [0.3, 0.4) is 0 Å². The Kier molecular flexibility index (Phi) is 5.89. The molecule has 1 fully saturated rings. The van der Waals surface area contributed by atoms with Gasteiger partial charge in [-0.05, 0) is 31.0 Å². The van der Waals surface area contributed by atoms with E-state index in [1.165, 1.54) is 32.1 Å². The molecule has 0 spiro atoms. The number of ether oxygens (including phenoxy) is 1.